The van der Waals surface area contributed by atoms with Gasteiger partial charge in [-0.05, 0) is 81.2 Å². The molecule has 1 saturated heterocycles. The Bertz CT molecular complexity index is 1200. The average Bonchev–Trinajstić information content (AvgIpc) is 3.20. The molecular formula is C27H32N4O3. The zero-order chi connectivity index (χ0) is 23.7. The summed E-state index contributed by atoms with van der Waals surface area (Å²) in [6.07, 6.45) is 5.75. The van der Waals surface area contributed by atoms with Crippen LogP contribution in [0, 0.1) is 0 Å². The molecule has 7 heteroatoms. The number of methoxy groups -OCH3 is 2. The van der Waals surface area contributed by atoms with E-state index in [0.717, 1.165) is 60.3 Å². The third-order valence-corrected chi connectivity index (χ3v) is 7.68. The maximum Gasteiger partial charge on any atom is 0.319 e. The van der Waals surface area contributed by atoms with Crippen LogP contribution in [0.5, 0.6) is 11.5 Å². The number of hydrogen-bond donors (Lipinski definition) is 2. The fourth-order valence-corrected chi connectivity index (χ4v) is 5.90. The lowest BCUT2D eigenvalue weighted by molar-refractivity contribution is 0.156. The van der Waals surface area contributed by atoms with E-state index in [1.165, 1.54) is 5.56 Å². The molecule has 0 bridgehead atoms. The van der Waals surface area contributed by atoms with E-state index < -0.39 is 0 Å². The Morgan fingerprint density at radius 3 is 2.76 bits per heavy atom. The second kappa shape index (κ2) is 9.14. The molecule has 34 heavy (non-hydrogen) atoms. The van der Waals surface area contributed by atoms with Crippen molar-refractivity contribution in [3.63, 3.8) is 0 Å². The van der Waals surface area contributed by atoms with Gasteiger partial charge in [0.2, 0.25) is 0 Å². The van der Waals surface area contributed by atoms with Gasteiger partial charge in [0.15, 0.2) is 11.5 Å². The summed E-state index contributed by atoms with van der Waals surface area (Å²) in [4.78, 5) is 19.6. The highest BCUT2D eigenvalue weighted by Gasteiger charge is 2.50. The summed E-state index contributed by atoms with van der Waals surface area (Å²) in [5, 5.41) is 7.23. The molecule has 2 heterocycles. The van der Waals surface area contributed by atoms with E-state index in [1.54, 1.807) is 20.4 Å². The number of urea groups is 1. The van der Waals surface area contributed by atoms with E-state index in [-0.39, 0.29) is 17.5 Å². The summed E-state index contributed by atoms with van der Waals surface area (Å²) < 4.78 is 11.0. The summed E-state index contributed by atoms with van der Waals surface area (Å²) in [5.41, 5.74) is 3.05. The largest absolute Gasteiger partial charge is 0.493 e. The number of ether oxygens (including phenoxy) is 2. The highest BCUT2D eigenvalue weighted by atomic mass is 16.5. The molecule has 5 rings (SSSR count). The van der Waals surface area contributed by atoms with Gasteiger partial charge in [0, 0.05) is 34.8 Å². The van der Waals surface area contributed by atoms with Crippen molar-refractivity contribution in [1.29, 1.82) is 0 Å². The van der Waals surface area contributed by atoms with Gasteiger partial charge >= 0.3 is 6.03 Å². The van der Waals surface area contributed by atoms with E-state index in [9.17, 15) is 4.79 Å². The van der Waals surface area contributed by atoms with Gasteiger partial charge in [-0.1, -0.05) is 12.1 Å². The predicted molar refractivity (Wildman–Crippen MR) is 134 cm³/mol. The number of carbonyl (C=O) groups excluding carboxylic acids is 1. The summed E-state index contributed by atoms with van der Waals surface area (Å²) in [6, 6.07) is 16.3. The molecule has 3 aromatic rings. The van der Waals surface area contributed by atoms with Crippen LogP contribution in [0.1, 0.15) is 31.2 Å². The number of likely N-dealkylation sites (tertiary alicyclic amines) is 1. The second-order valence-electron chi connectivity index (χ2n) is 9.45. The van der Waals surface area contributed by atoms with Gasteiger partial charge in [-0.2, -0.15) is 0 Å². The molecule has 1 aliphatic heterocycles. The minimum atomic E-state index is -0.160. The van der Waals surface area contributed by atoms with Crippen molar-refractivity contribution in [1.82, 2.24) is 15.2 Å². The number of likely N-dealkylation sites (N-methyl/N-ethyl adjacent to an activating group) is 1. The van der Waals surface area contributed by atoms with E-state index in [4.69, 9.17) is 9.47 Å². The highest BCUT2D eigenvalue weighted by Crippen LogP contribution is 2.49. The van der Waals surface area contributed by atoms with Crippen molar-refractivity contribution in [2.75, 3.05) is 33.1 Å². The van der Waals surface area contributed by atoms with Crippen molar-refractivity contribution < 1.29 is 14.3 Å². The van der Waals surface area contributed by atoms with Gasteiger partial charge in [-0.3, -0.25) is 4.98 Å². The first-order chi connectivity index (χ1) is 16.5. The van der Waals surface area contributed by atoms with Crippen molar-refractivity contribution in [3.8, 4) is 11.5 Å². The van der Waals surface area contributed by atoms with Crippen LogP contribution in [0.2, 0.25) is 0 Å². The van der Waals surface area contributed by atoms with Crippen molar-refractivity contribution in [3.05, 3.63) is 60.3 Å². The van der Waals surface area contributed by atoms with Crippen LogP contribution in [-0.4, -0.2) is 55.8 Å². The second-order valence-corrected chi connectivity index (χ2v) is 9.45. The zero-order valence-electron chi connectivity index (χ0n) is 20.0. The van der Waals surface area contributed by atoms with Crippen LogP contribution >= 0.6 is 0 Å². The highest BCUT2D eigenvalue weighted by molar-refractivity contribution is 5.92. The molecule has 0 radical (unpaired) electrons. The average molecular weight is 461 g/mol. The lowest BCUT2D eigenvalue weighted by Crippen LogP contribution is -2.52. The summed E-state index contributed by atoms with van der Waals surface area (Å²) in [6.45, 7) is 1.04. The van der Waals surface area contributed by atoms with E-state index in [1.807, 2.05) is 36.4 Å². The van der Waals surface area contributed by atoms with Gasteiger partial charge in [-0.15, -0.1) is 0 Å². The number of nitrogens with one attached hydrogen (secondary N) is 2. The van der Waals surface area contributed by atoms with Gasteiger partial charge < -0.3 is 25.0 Å². The molecule has 2 fully saturated rings. The third kappa shape index (κ3) is 4.05. The SMILES string of the molecule is COc1ccc(C23CCC(NC(=O)Nc4ccc5ncccc5c4)CC2N(C)CC3)cc1OC. The maximum atomic E-state index is 12.8. The molecule has 3 unspecified atom stereocenters. The van der Waals surface area contributed by atoms with Gasteiger partial charge in [0.1, 0.15) is 0 Å². The minimum absolute atomic E-state index is 0.0638. The standard InChI is InChI=1S/C27H32N4O3/c1-31-14-12-27(19-6-9-23(33-2)24(16-19)34-3)11-10-21(17-25(27)31)30-26(32)29-20-7-8-22-18(15-20)5-4-13-28-22/h4-9,13,15-16,21,25H,10-12,14,17H2,1-3H3,(H2,29,30,32). The number of anilines is 1. The molecule has 178 valence electrons. The molecule has 7 nitrogen and oxygen atoms in total. The molecule has 2 N–H and O–H groups in total. The molecule has 1 aliphatic carbocycles. The quantitative estimate of drug-likeness (QED) is 0.584. The number of benzene rings is 2. The Morgan fingerprint density at radius 2 is 1.94 bits per heavy atom. The number of fused-ring (bicyclic) bond motifs is 2. The lowest BCUT2D eigenvalue weighted by Gasteiger charge is -2.45. The smallest absolute Gasteiger partial charge is 0.319 e. The van der Waals surface area contributed by atoms with Crippen molar-refractivity contribution in [2.45, 2.75) is 43.2 Å². The van der Waals surface area contributed by atoms with E-state index >= 15 is 0 Å². The molecule has 1 saturated carbocycles. The van der Waals surface area contributed by atoms with E-state index in [0.29, 0.717) is 6.04 Å². The Kier molecular flexibility index (Phi) is 6.04. The Morgan fingerprint density at radius 1 is 1.09 bits per heavy atom. The third-order valence-electron chi connectivity index (χ3n) is 7.68. The van der Waals surface area contributed by atoms with Gasteiger partial charge in [0.25, 0.3) is 0 Å². The van der Waals surface area contributed by atoms with Crippen LogP contribution in [0.3, 0.4) is 0 Å². The normalized spacial score (nSPS) is 24.4. The van der Waals surface area contributed by atoms with Crippen LogP contribution in [0.4, 0.5) is 10.5 Å². The number of hydrogen-bond acceptors (Lipinski definition) is 5. The molecule has 2 aliphatic rings. The first-order valence-corrected chi connectivity index (χ1v) is 11.9. The van der Waals surface area contributed by atoms with Crippen LogP contribution in [0.15, 0.2) is 54.7 Å². The van der Waals surface area contributed by atoms with E-state index in [2.05, 4.69) is 39.7 Å². The zero-order valence-corrected chi connectivity index (χ0v) is 20.0. The Hall–Kier alpha value is -3.32. The molecule has 0 spiro atoms. The van der Waals surface area contributed by atoms with Gasteiger partial charge in [-0.25, -0.2) is 4.79 Å². The molecule has 2 aromatic carbocycles. The number of nitrogens with zero attached hydrogens (tertiary/aromatic N) is 2. The molecular weight excluding hydrogens is 428 g/mol. The number of aromatic nitrogens is 1. The number of carbonyl (C=O) groups is 1. The maximum absolute atomic E-state index is 12.8. The number of amides is 2. The van der Waals surface area contributed by atoms with Crippen LogP contribution < -0.4 is 20.1 Å². The fraction of sp³-hybridized carbons (Fsp3) is 0.407. The summed E-state index contributed by atoms with van der Waals surface area (Å²) in [7, 11) is 5.54. The minimum Gasteiger partial charge on any atom is -0.493 e. The fourth-order valence-electron chi connectivity index (χ4n) is 5.90. The van der Waals surface area contributed by atoms with Crippen molar-refractivity contribution in [2.24, 2.45) is 0 Å². The monoisotopic (exact) mass is 460 g/mol. The first-order valence-electron chi connectivity index (χ1n) is 11.9. The molecule has 1 aromatic heterocycles. The van der Waals surface area contributed by atoms with Crippen LogP contribution in [0.25, 0.3) is 10.9 Å². The van der Waals surface area contributed by atoms with Gasteiger partial charge in [0.05, 0.1) is 19.7 Å². The van der Waals surface area contributed by atoms with Crippen LogP contribution in [-0.2, 0) is 5.41 Å². The van der Waals surface area contributed by atoms with Crippen molar-refractivity contribution >= 4 is 22.6 Å². The Labute approximate surface area is 200 Å². The predicted octanol–water partition coefficient (Wildman–Crippen LogP) is 4.57. The lowest BCUT2D eigenvalue weighted by atomic mass is 9.65. The molecule has 2 amide bonds. The number of pyridine rings is 1. The number of rotatable bonds is 5. The summed E-state index contributed by atoms with van der Waals surface area (Å²) >= 11 is 0. The topological polar surface area (TPSA) is 75.7 Å². The first kappa shape index (κ1) is 22.5. The summed E-state index contributed by atoms with van der Waals surface area (Å²) in [5.74, 6) is 1.52. The molecule has 3 atom stereocenters. The Balaban J connectivity index is 1.29.